The smallest absolute Gasteiger partial charge is 0.242 e. The number of anilines is 2. The van der Waals surface area contributed by atoms with Crippen LogP contribution in [-0.2, 0) is 4.79 Å². The van der Waals surface area contributed by atoms with Crippen LogP contribution in [0.25, 0.3) is 10.9 Å². The number of nitrogens with zero attached hydrogens (tertiary/aromatic N) is 4. The van der Waals surface area contributed by atoms with Crippen molar-refractivity contribution in [2.45, 2.75) is 37.5 Å². The summed E-state index contributed by atoms with van der Waals surface area (Å²) >= 11 is 1.36. The number of nitrogens with one attached hydrogen (secondary N) is 4. The van der Waals surface area contributed by atoms with Crippen molar-refractivity contribution in [3.63, 3.8) is 0 Å². The van der Waals surface area contributed by atoms with Gasteiger partial charge in [0.15, 0.2) is 17.9 Å². The molecule has 4 heterocycles. The second-order valence-electron chi connectivity index (χ2n) is 9.88. The van der Waals surface area contributed by atoms with E-state index in [4.69, 9.17) is 4.99 Å². The summed E-state index contributed by atoms with van der Waals surface area (Å²) in [6.07, 6.45) is 7.49. The Labute approximate surface area is 232 Å². The lowest BCUT2D eigenvalue weighted by Gasteiger charge is -2.36. The molecule has 5 rings (SSSR count). The van der Waals surface area contributed by atoms with Crippen LogP contribution in [0.15, 0.2) is 58.3 Å². The molecule has 1 fully saturated rings. The van der Waals surface area contributed by atoms with Gasteiger partial charge in [-0.3, -0.25) is 9.69 Å². The van der Waals surface area contributed by atoms with E-state index < -0.39 is 6.29 Å². The van der Waals surface area contributed by atoms with Gasteiger partial charge >= 0.3 is 0 Å². The van der Waals surface area contributed by atoms with Crippen molar-refractivity contribution < 1.29 is 9.18 Å². The maximum atomic E-state index is 14.8. The zero-order chi connectivity index (χ0) is 27.5. The molecule has 0 bridgehead atoms. The summed E-state index contributed by atoms with van der Waals surface area (Å²) in [5.41, 5.74) is 3.72. The number of halogens is 1. The van der Waals surface area contributed by atoms with Gasteiger partial charge < -0.3 is 25.8 Å². The highest BCUT2D eigenvalue weighted by atomic mass is 32.2. The van der Waals surface area contributed by atoms with Crippen LogP contribution in [0, 0.1) is 5.82 Å². The fourth-order valence-electron chi connectivity index (χ4n) is 5.11. The Morgan fingerprint density at radius 2 is 2.05 bits per heavy atom. The van der Waals surface area contributed by atoms with Crippen molar-refractivity contribution in [1.29, 1.82) is 0 Å². The summed E-state index contributed by atoms with van der Waals surface area (Å²) < 4.78 is 14.8. The second kappa shape index (κ2) is 11.8. The molecule has 206 valence electrons. The molecule has 2 aliphatic heterocycles. The van der Waals surface area contributed by atoms with Crippen LogP contribution in [-0.4, -0.2) is 83.2 Å². The number of H-pyrrole nitrogens is 1. The third-order valence-corrected chi connectivity index (χ3v) is 8.09. The third kappa shape index (κ3) is 5.66. The number of aromatic nitrogens is 2. The SMILES string of the molecule is CCC(C(=O)Nc1nccc2c(C3=NC(Nc4cccc(SC)c4F)NC=C3C)c[nH]c12)N1CCN(C)CC1. The molecule has 39 heavy (non-hydrogen) atoms. The number of amides is 1. The van der Waals surface area contributed by atoms with E-state index in [0.717, 1.165) is 60.4 Å². The molecule has 4 N–H and O–H groups in total. The van der Waals surface area contributed by atoms with E-state index >= 15 is 0 Å². The zero-order valence-corrected chi connectivity index (χ0v) is 23.5. The fourth-order valence-corrected chi connectivity index (χ4v) is 5.62. The van der Waals surface area contributed by atoms with Gasteiger partial charge in [-0.1, -0.05) is 13.0 Å². The minimum absolute atomic E-state index is 0.0488. The van der Waals surface area contributed by atoms with Gasteiger partial charge in [-0.25, -0.2) is 14.4 Å². The maximum Gasteiger partial charge on any atom is 0.242 e. The topological polar surface area (TPSA) is 101 Å². The maximum absolute atomic E-state index is 14.8. The van der Waals surface area contributed by atoms with E-state index in [2.05, 4.69) is 42.8 Å². The molecule has 0 saturated carbocycles. The molecule has 2 atom stereocenters. The molecule has 2 unspecified atom stereocenters. The van der Waals surface area contributed by atoms with Gasteiger partial charge in [0.1, 0.15) is 0 Å². The summed E-state index contributed by atoms with van der Waals surface area (Å²) in [5, 5.41) is 10.3. The summed E-state index contributed by atoms with van der Waals surface area (Å²) in [6, 6.07) is 6.98. The van der Waals surface area contributed by atoms with Gasteiger partial charge in [0.2, 0.25) is 5.91 Å². The van der Waals surface area contributed by atoms with Gasteiger partial charge in [0.25, 0.3) is 0 Å². The number of hydrogen-bond donors (Lipinski definition) is 4. The van der Waals surface area contributed by atoms with Crippen LogP contribution in [0.5, 0.6) is 0 Å². The number of likely N-dealkylation sites (N-methyl/N-ethyl adjacent to an activating group) is 1. The van der Waals surface area contributed by atoms with E-state index in [-0.39, 0.29) is 17.8 Å². The minimum Gasteiger partial charge on any atom is -0.357 e. The minimum atomic E-state index is -0.546. The molecule has 11 heteroatoms. The molecule has 2 aromatic heterocycles. The molecule has 0 spiro atoms. The number of allylic oxidation sites excluding steroid dienone is 1. The molecule has 0 aliphatic carbocycles. The Morgan fingerprint density at radius 1 is 1.26 bits per heavy atom. The van der Waals surface area contributed by atoms with E-state index in [1.54, 1.807) is 18.3 Å². The highest BCUT2D eigenvalue weighted by Gasteiger charge is 2.28. The van der Waals surface area contributed by atoms with Crippen LogP contribution in [0.3, 0.4) is 0 Å². The molecule has 1 aromatic carbocycles. The number of carbonyl (C=O) groups is 1. The first-order valence-electron chi connectivity index (χ1n) is 13.2. The van der Waals surface area contributed by atoms with E-state index in [1.165, 1.54) is 11.8 Å². The molecule has 2 aliphatic rings. The number of aliphatic imine (C=N–C) groups is 1. The van der Waals surface area contributed by atoms with Crippen LogP contribution < -0.4 is 16.0 Å². The average Bonchev–Trinajstić information content (AvgIpc) is 3.37. The Morgan fingerprint density at radius 3 is 2.79 bits per heavy atom. The van der Waals surface area contributed by atoms with Crippen molar-refractivity contribution in [1.82, 2.24) is 25.1 Å². The van der Waals surface area contributed by atoms with Gasteiger partial charge in [-0.2, -0.15) is 0 Å². The number of fused-ring (bicyclic) bond motifs is 1. The number of rotatable bonds is 8. The normalized spacial score (nSPS) is 19.3. The van der Waals surface area contributed by atoms with Gasteiger partial charge in [0, 0.05) is 60.6 Å². The summed E-state index contributed by atoms with van der Waals surface area (Å²) in [4.78, 5) is 31.1. The number of thioether (sulfide) groups is 1. The molecule has 1 amide bonds. The standard InChI is InChI=1S/C28H35FN8OS/c1-5-21(37-13-11-36(3)12-14-37)27(38)35-26-25-18(9-10-30-26)19(16-31-25)24-17(2)15-32-28(34-24)33-20-7-6-8-22(39-4)23(20)29/h6-10,15-16,21,28,31-33H,5,11-14H2,1-4H3,(H,30,35,38). The quantitative estimate of drug-likeness (QED) is 0.314. The molecule has 9 nitrogen and oxygen atoms in total. The lowest BCUT2D eigenvalue weighted by atomic mass is 10.0. The van der Waals surface area contributed by atoms with E-state index in [9.17, 15) is 9.18 Å². The molecule has 0 radical (unpaired) electrons. The summed E-state index contributed by atoms with van der Waals surface area (Å²) in [5.74, 6) is 0.153. The lowest BCUT2D eigenvalue weighted by molar-refractivity contribution is -0.122. The van der Waals surface area contributed by atoms with Crippen LogP contribution in [0.4, 0.5) is 15.9 Å². The number of aromatic amines is 1. The largest absolute Gasteiger partial charge is 0.357 e. The summed E-state index contributed by atoms with van der Waals surface area (Å²) in [6.45, 7) is 7.66. The predicted octanol–water partition coefficient (Wildman–Crippen LogP) is 4.08. The van der Waals surface area contributed by atoms with Crippen molar-refractivity contribution in [2.75, 3.05) is 50.1 Å². The third-order valence-electron chi connectivity index (χ3n) is 7.33. The molecule has 3 aromatic rings. The van der Waals surface area contributed by atoms with Crippen molar-refractivity contribution in [3.8, 4) is 0 Å². The van der Waals surface area contributed by atoms with Crippen molar-refractivity contribution in [2.24, 2.45) is 4.99 Å². The number of hydrogen-bond acceptors (Lipinski definition) is 8. The van der Waals surface area contributed by atoms with Crippen LogP contribution >= 0.6 is 11.8 Å². The molecular weight excluding hydrogens is 515 g/mol. The highest BCUT2D eigenvalue weighted by Crippen LogP contribution is 2.29. The molecule has 1 saturated heterocycles. The first-order valence-corrected chi connectivity index (χ1v) is 14.4. The Kier molecular flexibility index (Phi) is 8.20. The van der Waals surface area contributed by atoms with Crippen molar-refractivity contribution >= 4 is 45.8 Å². The number of piperazine rings is 1. The average molecular weight is 551 g/mol. The van der Waals surface area contributed by atoms with Crippen LogP contribution in [0.2, 0.25) is 0 Å². The van der Waals surface area contributed by atoms with Crippen LogP contribution in [0.1, 0.15) is 25.8 Å². The Bertz CT molecular complexity index is 1410. The monoisotopic (exact) mass is 550 g/mol. The predicted molar refractivity (Wildman–Crippen MR) is 157 cm³/mol. The first kappa shape index (κ1) is 27.2. The Balaban J connectivity index is 1.38. The van der Waals surface area contributed by atoms with Gasteiger partial charge in [-0.05, 0) is 50.4 Å². The van der Waals surface area contributed by atoms with Crippen molar-refractivity contribution in [3.05, 3.63) is 59.8 Å². The second-order valence-corrected chi connectivity index (χ2v) is 10.7. The number of carbonyl (C=O) groups excluding carboxylic acids is 1. The number of benzene rings is 1. The van der Waals surface area contributed by atoms with E-state index in [0.29, 0.717) is 16.4 Å². The zero-order valence-electron chi connectivity index (χ0n) is 22.7. The summed E-state index contributed by atoms with van der Waals surface area (Å²) in [7, 11) is 2.11. The molecular formula is C28H35FN8OS. The Hall–Kier alpha value is -3.41. The van der Waals surface area contributed by atoms with Gasteiger partial charge in [-0.15, -0.1) is 11.8 Å². The highest BCUT2D eigenvalue weighted by molar-refractivity contribution is 7.98. The first-order chi connectivity index (χ1) is 18.9. The van der Waals surface area contributed by atoms with E-state index in [1.807, 2.05) is 44.6 Å². The number of pyridine rings is 1. The van der Waals surface area contributed by atoms with Gasteiger partial charge in [0.05, 0.1) is 23.0 Å². The lowest BCUT2D eigenvalue weighted by Crippen LogP contribution is -2.52. The fraction of sp³-hybridized carbons (Fsp3) is 0.393.